The third-order valence-electron chi connectivity index (χ3n) is 5.18. The maximum absolute atomic E-state index is 13.8. The Bertz CT molecular complexity index is 854. The zero-order chi connectivity index (χ0) is 17.6. The van der Waals surface area contributed by atoms with Gasteiger partial charge in [-0.1, -0.05) is 49.6 Å². The first-order valence-corrected chi connectivity index (χ1v) is 9.01. The number of anilines is 1. The topological polar surface area (TPSA) is 29.5 Å². The SMILES string of the molecule is CCCCCN1C(=O)C2(COc3cc(F)c(Cl)cc32)c2ccccc21. The second-order valence-corrected chi connectivity index (χ2v) is 7.04. The highest BCUT2D eigenvalue weighted by atomic mass is 35.5. The summed E-state index contributed by atoms with van der Waals surface area (Å²) in [5.74, 6) is -0.136. The molecule has 0 fully saturated rings. The molecule has 1 amide bonds. The van der Waals surface area contributed by atoms with Crippen LogP contribution in [0, 0.1) is 5.82 Å². The number of benzene rings is 2. The van der Waals surface area contributed by atoms with E-state index in [9.17, 15) is 9.18 Å². The number of rotatable bonds is 4. The van der Waals surface area contributed by atoms with E-state index in [4.69, 9.17) is 16.3 Å². The molecule has 0 radical (unpaired) electrons. The fourth-order valence-electron chi connectivity index (χ4n) is 3.91. The van der Waals surface area contributed by atoms with Crippen LogP contribution in [0.2, 0.25) is 5.02 Å². The standard InChI is InChI=1S/C20H19ClFNO2/c1-2-3-6-9-23-17-8-5-4-7-13(17)20(19(23)24)12-25-18-11-16(22)15(21)10-14(18)20/h4-5,7-8,10-11H,2-3,6,9,12H2,1H3. The van der Waals surface area contributed by atoms with Gasteiger partial charge in [-0.3, -0.25) is 4.79 Å². The molecular formula is C20H19ClFNO2. The zero-order valence-corrected chi connectivity index (χ0v) is 14.8. The first-order chi connectivity index (χ1) is 12.1. The van der Waals surface area contributed by atoms with Crippen LogP contribution >= 0.6 is 11.6 Å². The van der Waals surface area contributed by atoms with E-state index in [-0.39, 0.29) is 17.5 Å². The first-order valence-electron chi connectivity index (χ1n) is 8.63. The molecular weight excluding hydrogens is 341 g/mol. The van der Waals surface area contributed by atoms with Gasteiger partial charge in [0, 0.05) is 23.9 Å². The van der Waals surface area contributed by atoms with Gasteiger partial charge < -0.3 is 9.64 Å². The Balaban J connectivity index is 1.85. The summed E-state index contributed by atoms with van der Waals surface area (Å²) in [6.07, 6.45) is 3.11. The van der Waals surface area contributed by atoms with E-state index in [2.05, 4.69) is 6.92 Å². The Labute approximate surface area is 151 Å². The van der Waals surface area contributed by atoms with Gasteiger partial charge in [-0.05, 0) is 24.1 Å². The van der Waals surface area contributed by atoms with Gasteiger partial charge in [0.15, 0.2) is 0 Å². The van der Waals surface area contributed by atoms with Crippen LogP contribution in [0.5, 0.6) is 5.75 Å². The Morgan fingerprint density at radius 2 is 2.04 bits per heavy atom. The first kappa shape index (κ1) is 16.4. The molecule has 2 aliphatic rings. The molecule has 2 aliphatic heterocycles. The molecule has 0 bridgehead atoms. The van der Waals surface area contributed by atoms with E-state index in [1.165, 1.54) is 6.07 Å². The lowest BCUT2D eigenvalue weighted by molar-refractivity contribution is -0.122. The lowest BCUT2D eigenvalue weighted by Gasteiger charge is -2.23. The van der Waals surface area contributed by atoms with Gasteiger partial charge in [0.25, 0.3) is 0 Å². The summed E-state index contributed by atoms with van der Waals surface area (Å²) in [4.78, 5) is 15.3. The van der Waals surface area contributed by atoms with Crippen molar-refractivity contribution in [2.45, 2.75) is 31.6 Å². The molecule has 1 unspecified atom stereocenters. The van der Waals surface area contributed by atoms with Crippen molar-refractivity contribution >= 4 is 23.2 Å². The number of para-hydroxylation sites is 1. The van der Waals surface area contributed by atoms with Crippen molar-refractivity contribution in [2.75, 3.05) is 18.1 Å². The zero-order valence-electron chi connectivity index (χ0n) is 14.0. The number of ether oxygens (including phenoxy) is 1. The lowest BCUT2D eigenvalue weighted by atomic mass is 9.77. The summed E-state index contributed by atoms with van der Waals surface area (Å²) < 4.78 is 19.5. The van der Waals surface area contributed by atoms with E-state index >= 15 is 0 Å². The minimum Gasteiger partial charge on any atom is -0.491 e. The van der Waals surface area contributed by atoms with Crippen molar-refractivity contribution in [3.05, 3.63) is 58.4 Å². The molecule has 1 spiro atoms. The highest BCUT2D eigenvalue weighted by Crippen LogP contribution is 2.53. The number of hydrogen-bond acceptors (Lipinski definition) is 2. The molecule has 0 saturated carbocycles. The van der Waals surface area contributed by atoms with Crippen LogP contribution in [0.3, 0.4) is 0 Å². The van der Waals surface area contributed by atoms with Crippen molar-refractivity contribution in [3.8, 4) is 5.75 Å². The Morgan fingerprint density at radius 3 is 2.84 bits per heavy atom. The fraction of sp³-hybridized carbons (Fsp3) is 0.350. The van der Waals surface area contributed by atoms with E-state index in [1.54, 1.807) is 6.07 Å². The van der Waals surface area contributed by atoms with E-state index in [0.29, 0.717) is 17.9 Å². The van der Waals surface area contributed by atoms with Crippen LogP contribution in [0.1, 0.15) is 37.3 Å². The quantitative estimate of drug-likeness (QED) is 0.741. The molecule has 0 saturated heterocycles. The van der Waals surface area contributed by atoms with Crippen LogP contribution in [0.15, 0.2) is 36.4 Å². The van der Waals surface area contributed by atoms with Crippen molar-refractivity contribution in [1.29, 1.82) is 0 Å². The second-order valence-electron chi connectivity index (χ2n) is 6.64. The Morgan fingerprint density at radius 1 is 1.24 bits per heavy atom. The van der Waals surface area contributed by atoms with Gasteiger partial charge in [-0.2, -0.15) is 0 Å². The van der Waals surface area contributed by atoms with Crippen molar-refractivity contribution in [1.82, 2.24) is 0 Å². The van der Waals surface area contributed by atoms with Crippen molar-refractivity contribution in [3.63, 3.8) is 0 Å². The maximum atomic E-state index is 13.8. The molecule has 25 heavy (non-hydrogen) atoms. The monoisotopic (exact) mass is 359 g/mol. The summed E-state index contributed by atoms with van der Waals surface area (Å²) in [6, 6.07) is 10.6. The van der Waals surface area contributed by atoms with Crippen LogP contribution in [-0.2, 0) is 10.2 Å². The Kier molecular flexibility index (Phi) is 3.95. The van der Waals surface area contributed by atoms with Gasteiger partial charge >= 0.3 is 0 Å². The molecule has 2 aromatic carbocycles. The van der Waals surface area contributed by atoms with Crippen LogP contribution in [0.4, 0.5) is 10.1 Å². The van der Waals surface area contributed by atoms with Crippen molar-refractivity contribution < 1.29 is 13.9 Å². The summed E-state index contributed by atoms with van der Waals surface area (Å²) in [5, 5.41) is 0.0124. The number of amides is 1. The third-order valence-corrected chi connectivity index (χ3v) is 5.47. The highest BCUT2D eigenvalue weighted by Gasteiger charge is 2.56. The highest BCUT2D eigenvalue weighted by molar-refractivity contribution is 6.31. The predicted molar refractivity (Wildman–Crippen MR) is 96.0 cm³/mol. The molecule has 0 N–H and O–H groups in total. The largest absolute Gasteiger partial charge is 0.491 e. The van der Waals surface area contributed by atoms with Crippen LogP contribution in [-0.4, -0.2) is 19.1 Å². The third kappa shape index (κ3) is 2.27. The molecule has 3 nitrogen and oxygen atoms in total. The average Bonchev–Trinajstić information content (AvgIpc) is 3.08. The number of nitrogens with zero attached hydrogens (tertiary/aromatic N) is 1. The van der Waals surface area contributed by atoms with Gasteiger partial charge in [0.2, 0.25) is 5.91 Å². The maximum Gasteiger partial charge on any atom is 0.245 e. The summed E-state index contributed by atoms with van der Waals surface area (Å²) >= 11 is 6.01. The summed E-state index contributed by atoms with van der Waals surface area (Å²) in [7, 11) is 0. The molecule has 1 atom stereocenters. The predicted octanol–water partition coefficient (Wildman–Crippen LogP) is 4.69. The number of carbonyl (C=O) groups excluding carboxylic acids is 1. The number of halogens is 2. The van der Waals surface area contributed by atoms with Gasteiger partial charge in [0.1, 0.15) is 23.6 Å². The molecule has 0 aliphatic carbocycles. The minimum atomic E-state index is -0.921. The average molecular weight is 360 g/mol. The van der Waals surface area contributed by atoms with E-state index < -0.39 is 11.2 Å². The van der Waals surface area contributed by atoms with Crippen LogP contribution < -0.4 is 9.64 Å². The molecule has 2 aromatic rings. The number of fused-ring (bicyclic) bond motifs is 4. The summed E-state index contributed by atoms with van der Waals surface area (Å²) in [6.45, 7) is 3.00. The molecule has 0 aromatic heterocycles. The summed E-state index contributed by atoms with van der Waals surface area (Å²) in [5.41, 5.74) is 1.57. The minimum absolute atomic E-state index is 0.00812. The molecule has 4 rings (SSSR count). The van der Waals surface area contributed by atoms with Crippen LogP contribution in [0.25, 0.3) is 0 Å². The lowest BCUT2D eigenvalue weighted by Crippen LogP contribution is -2.42. The second kappa shape index (κ2) is 6.03. The van der Waals surface area contributed by atoms with Gasteiger partial charge in [0.05, 0.1) is 5.02 Å². The molecule has 5 heteroatoms. The number of unbranched alkanes of at least 4 members (excludes halogenated alkanes) is 2. The number of hydrogen-bond donors (Lipinski definition) is 0. The number of carbonyl (C=O) groups is 1. The van der Waals surface area contributed by atoms with E-state index in [0.717, 1.165) is 30.5 Å². The smallest absolute Gasteiger partial charge is 0.245 e. The Hall–Kier alpha value is -2.07. The van der Waals surface area contributed by atoms with Gasteiger partial charge in [-0.15, -0.1) is 0 Å². The van der Waals surface area contributed by atoms with Gasteiger partial charge in [-0.25, -0.2) is 4.39 Å². The molecule has 2 heterocycles. The van der Waals surface area contributed by atoms with Crippen molar-refractivity contribution in [2.24, 2.45) is 0 Å². The molecule has 130 valence electrons. The van der Waals surface area contributed by atoms with E-state index in [1.807, 2.05) is 29.2 Å². The normalized spacial score (nSPS) is 20.8. The fourth-order valence-corrected chi connectivity index (χ4v) is 4.08.